The van der Waals surface area contributed by atoms with Gasteiger partial charge in [0.1, 0.15) is 0 Å². The maximum Gasteiger partial charge on any atom is 0.264 e. The van der Waals surface area contributed by atoms with Crippen molar-refractivity contribution < 1.29 is 13.0 Å². The van der Waals surface area contributed by atoms with Crippen molar-refractivity contribution >= 4 is 26.0 Å². The molecule has 0 heterocycles. The Kier molecular flexibility index (Phi) is 22.4. The first-order valence-electron chi connectivity index (χ1n) is 12.1. The molecule has 0 saturated heterocycles. The van der Waals surface area contributed by atoms with Crippen molar-refractivity contribution in [3.05, 3.63) is 0 Å². The van der Waals surface area contributed by atoms with E-state index in [9.17, 15) is 8.42 Å². The van der Waals surface area contributed by atoms with Crippen molar-refractivity contribution in [3.8, 4) is 0 Å². The molecule has 0 amide bonds. The van der Waals surface area contributed by atoms with Crippen LogP contribution < -0.4 is 0 Å². The van der Waals surface area contributed by atoms with E-state index in [0.717, 1.165) is 18.2 Å². The second kappa shape index (κ2) is 22.1. The zero-order chi connectivity index (χ0) is 20.8. The Hall–Kier alpha value is 0.390. The van der Waals surface area contributed by atoms with Crippen LogP contribution in [0.25, 0.3) is 0 Å². The lowest BCUT2D eigenvalue weighted by Crippen LogP contribution is -2.03. The Morgan fingerprint density at radius 1 is 0.429 bits per heavy atom. The normalized spacial score (nSPS) is 11.9. The molecular formula is C23H47BrO3S. The maximum absolute atomic E-state index is 10.6. The number of unbranched alkanes of at least 4 members (excludes halogenated alkanes) is 20. The monoisotopic (exact) mass is 482 g/mol. The second-order valence-electron chi connectivity index (χ2n) is 8.40. The highest BCUT2D eigenvalue weighted by atomic mass is 79.9. The van der Waals surface area contributed by atoms with E-state index in [1.165, 1.54) is 116 Å². The van der Waals surface area contributed by atoms with Crippen molar-refractivity contribution in [1.82, 2.24) is 0 Å². The van der Waals surface area contributed by atoms with Crippen LogP contribution in [0.4, 0.5) is 0 Å². The third-order valence-electron chi connectivity index (χ3n) is 5.54. The molecule has 0 bridgehead atoms. The predicted molar refractivity (Wildman–Crippen MR) is 127 cm³/mol. The quantitative estimate of drug-likeness (QED) is 0.0901. The zero-order valence-electron chi connectivity index (χ0n) is 18.3. The smallest absolute Gasteiger partial charge is 0.264 e. The number of hydrogen-bond acceptors (Lipinski definition) is 2. The molecule has 0 aromatic carbocycles. The van der Waals surface area contributed by atoms with Crippen LogP contribution >= 0.6 is 15.9 Å². The molecule has 28 heavy (non-hydrogen) atoms. The van der Waals surface area contributed by atoms with Crippen molar-refractivity contribution in [3.63, 3.8) is 0 Å². The van der Waals surface area contributed by atoms with Gasteiger partial charge in [0.05, 0.1) is 5.75 Å². The molecule has 170 valence electrons. The van der Waals surface area contributed by atoms with Crippen LogP contribution in [-0.4, -0.2) is 24.1 Å². The fourth-order valence-electron chi connectivity index (χ4n) is 3.74. The van der Waals surface area contributed by atoms with Gasteiger partial charge in [-0.25, -0.2) is 0 Å². The van der Waals surface area contributed by atoms with Crippen LogP contribution in [-0.2, 0) is 10.1 Å². The van der Waals surface area contributed by atoms with Crippen molar-refractivity contribution in [1.29, 1.82) is 0 Å². The molecule has 0 aliphatic carbocycles. The summed E-state index contributed by atoms with van der Waals surface area (Å²) in [4.78, 5) is 0. The third kappa shape index (κ3) is 26.4. The van der Waals surface area contributed by atoms with Crippen LogP contribution in [0.2, 0.25) is 0 Å². The van der Waals surface area contributed by atoms with Gasteiger partial charge in [-0.15, -0.1) is 0 Å². The lowest BCUT2D eigenvalue weighted by Gasteiger charge is -2.04. The summed E-state index contributed by atoms with van der Waals surface area (Å²) in [5.41, 5.74) is 0. The van der Waals surface area contributed by atoms with Crippen LogP contribution in [0.1, 0.15) is 135 Å². The minimum atomic E-state index is -3.75. The van der Waals surface area contributed by atoms with E-state index in [2.05, 4.69) is 15.9 Å². The molecule has 0 rings (SSSR count). The van der Waals surface area contributed by atoms with E-state index in [-0.39, 0.29) is 5.75 Å². The first-order chi connectivity index (χ1) is 13.6. The summed E-state index contributed by atoms with van der Waals surface area (Å²) in [5, 5.41) is 1.16. The van der Waals surface area contributed by atoms with Gasteiger partial charge in [-0.2, -0.15) is 8.42 Å². The van der Waals surface area contributed by atoms with Crippen LogP contribution in [0, 0.1) is 0 Å². The molecule has 0 aliphatic rings. The minimum Gasteiger partial charge on any atom is -0.286 e. The average Bonchev–Trinajstić information content (AvgIpc) is 2.65. The molecule has 1 N–H and O–H groups in total. The van der Waals surface area contributed by atoms with Crippen molar-refractivity contribution in [2.75, 3.05) is 11.1 Å². The number of hydrogen-bond donors (Lipinski definition) is 1. The second-order valence-corrected chi connectivity index (χ2v) is 10.8. The maximum atomic E-state index is 10.6. The van der Waals surface area contributed by atoms with Crippen molar-refractivity contribution in [2.45, 2.75) is 135 Å². The molecular weight excluding hydrogens is 436 g/mol. The van der Waals surface area contributed by atoms with E-state index >= 15 is 0 Å². The number of rotatable bonds is 23. The molecule has 0 aromatic rings. The lowest BCUT2D eigenvalue weighted by molar-refractivity contribution is 0.478. The molecule has 0 spiro atoms. The largest absolute Gasteiger partial charge is 0.286 e. The van der Waals surface area contributed by atoms with Gasteiger partial charge >= 0.3 is 0 Å². The summed E-state index contributed by atoms with van der Waals surface area (Å²) in [7, 11) is -3.75. The van der Waals surface area contributed by atoms with E-state index < -0.39 is 10.1 Å². The molecule has 3 nitrogen and oxygen atoms in total. The molecule has 0 saturated carbocycles. The highest BCUT2D eigenvalue weighted by Crippen LogP contribution is 2.15. The summed E-state index contributed by atoms with van der Waals surface area (Å²) in [6, 6.07) is 0. The van der Waals surface area contributed by atoms with Gasteiger partial charge in [-0.3, -0.25) is 4.55 Å². The van der Waals surface area contributed by atoms with Crippen LogP contribution in [0.15, 0.2) is 0 Å². The van der Waals surface area contributed by atoms with Crippen molar-refractivity contribution in [2.24, 2.45) is 0 Å². The number of halogens is 1. The SMILES string of the molecule is O=S(=O)(O)CCCCCCCCCCCCCCCCCCCCCCCBr. The van der Waals surface area contributed by atoms with Gasteiger partial charge in [0.15, 0.2) is 0 Å². The minimum absolute atomic E-state index is 0.0786. The van der Waals surface area contributed by atoms with Gasteiger partial charge in [0.25, 0.3) is 10.1 Å². The predicted octanol–water partition coefficient (Wildman–Crippen LogP) is 8.46. The lowest BCUT2D eigenvalue weighted by atomic mass is 10.0. The topological polar surface area (TPSA) is 54.4 Å². The van der Waals surface area contributed by atoms with Gasteiger partial charge in [0.2, 0.25) is 0 Å². The Morgan fingerprint density at radius 2 is 0.643 bits per heavy atom. The molecule has 0 atom stereocenters. The molecule has 0 fully saturated rings. The Morgan fingerprint density at radius 3 is 0.857 bits per heavy atom. The van der Waals surface area contributed by atoms with E-state index in [4.69, 9.17) is 4.55 Å². The van der Waals surface area contributed by atoms with E-state index in [0.29, 0.717) is 6.42 Å². The summed E-state index contributed by atoms with van der Waals surface area (Å²) < 4.78 is 29.8. The Balaban J connectivity index is 3.03. The zero-order valence-corrected chi connectivity index (χ0v) is 20.7. The van der Waals surface area contributed by atoms with Gasteiger partial charge in [-0.1, -0.05) is 138 Å². The molecule has 0 unspecified atom stereocenters. The molecule has 0 aliphatic heterocycles. The summed E-state index contributed by atoms with van der Waals surface area (Å²) >= 11 is 3.49. The van der Waals surface area contributed by atoms with Crippen LogP contribution in [0.3, 0.4) is 0 Å². The fourth-order valence-corrected chi connectivity index (χ4v) is 4.70. The Labute approximate surface area is 184 Å². The molecule has 0 aromatic heterocycles. The summed E-state index contributed by atoms with van der Waals surface area (Å²) in [5.74, 6) is -0.0786. The first-order valence-corrected chi connectivity index (χ1v) is 14.8. The average molecular weight is 484 g/mol. The Bertz CT molecular complexity index is 399. The highest BCUT2D eigenvalue weighted by Gasteiger charge is 2.02. The van der Waals surface area contributed by atoms with Gasteiger partial charge in [0, 0.05) is 5.33 Å². The first kappa shape index (κ1) is 28.4. The highest BCUT2D eigenvalue weighted by molar-refractivity contribution is 9.09. The van der Waals surface area contributed by atoms with E-state index in [1.807, 2.05) is 0 Å². The molecule has 5 heteroatoms. The van der Waals surface area contributed by atoms with E-state index in [1.54, 1.807) is 0 Å². The molecule has 0 radical (unpaired) electrons. The summed E-state index contributed by atoms with van der Waals surface area (Å²) in [6.45, 7) is 0. The van der Waals surface area contributed by atoms with Gasteiger partial charge in [-0.05, 0) is 12.8 Å². The van der Waals surface area contributed by atoms with Gasteiger partial charge < -0.3 is 0 Å². The third-order valence-corrected chi connectivity index (χ3v) is 6.90. The standard InChI is InChI=1S/C23H47BrO3S/c24-22-20-18-16-14-12-10-8-6-4-2-1-3-5-7-9-11-13-15-17-19-21-23-28(25,26)27/h1-23H2,(H,25,26,27). The summed E-state index contributed by atoms with van der Waals surface area (Å²) in [6.07, 6.45) is 27.5. The van der Waals surface area contributed by atoms with Crippen LogP contribution in [0.5, 0.6) is 0 Å². The number of alkyl halides is 1. The fraction of sp³-hybridized carbons (Fsp3) is 1.00.